The molecule has 0 spiro atoms. The topological polar surface area (TPSA) is 43.4 Å². The Kier molecular flexibility index (Phi) is 3.49. The van der Waals surface area contributed by atoms with Crippen LogP contribution in [0, 0.1) is 5.92 Å². The summed E-state index contributed by atoms with van der Waals surface area (Å²) in [6.07, 6.45) is 2.47. The summed E-state index contributed by atoms with van der Waals surface area (Å²) in [5, 5.41) is 0. The molecule has 104 valence electrons. The first-order valence-corrected chi connectivity index (χ1v) is 8.17. The molecule has 4 heteroatoms. The highest BCUT2D eigenvalue weighted by atomic mass is 32.2. The van der Waals surface area contributed by atoms with Crippen LogP contribution < -0.4 is 4.74 Å². The standard InChI is InChI=1S/C16H16O3S/c17-20(18,15-4-2-1-3-5-15)16-10-8-14(9-11-16)19-12-13-6-7-13/h1-5,8-11,13H,6-7,12H2. The molecule has 1 saturated carbocycles. The van der Waals surface area contributed by atoms with Gasteiger partial charge in [-0.2, -0.15) is 0 Å². The Morgan fingerprint density at radius 3 is 2.10 bits per heavy atom. The van der Waals surface area contributed by atoms with Crippen LogP contribution in [0.4, 0.5) is 0 Å². The molecular weight excluding hydrogens is 272 g/mol. The van der Waals surface area contributed by atoms with Crippen LogP contribution >= 0.6 is 0 Å². The molecule has 0 unspecified atom stereocenters. The van der Waals surface area contributed by atoms with Gasteiger partial charge in [0.05, 0.1) is 16.4 Å². The largest absolute Gasteiger partial charge is 0.493 e. The van der Waals surface area contributed by atoms with Gasteiger partial charge >= 0.3 is 0 Å². The van der Waals surface area contributed by atoms with Gasteiger partial charge in [0.1, 0.15) is 5.75 Å². The Balaban J connectivity index is 1.79. The quantitative estimate of drug-likeness (QED) is 0.847. The number of hydrogen-bond donors (Lipinski definition) is 0. The highest BCUT2D eigenvalue weighted by molar-refractivity contribution is 7.91. The van der Waals surface area contributed by atoms with Gasteiger partial charge in [0.25, 0.3) is 0 Å². The third-order valence-corrected chi connectivity index (χ3v) is 5.16. The minimum atomic E-state index is -3.43. The molecule has 20 heavy (non-hydrogen) atoms. The molecule has 0 radical (unpaired) electrons. The highest BCUT2D eigenvalue weighted by Gasteiger charge is 2.22. The van der Waals surface area contributed by atoms with Crippen molar-refractivity contribution in [2.45, 2.75) is 22.6 Å². The van der Waals surface area contributed by atoms with E-state index in [4.69, 9.17) is 4.74 Å². The second-order valence-electron chi connectivity index (χ2n) is 5.04. The van der Waals surface area contributed by atoms with E-state index in [2.05, 4.69) is 0 Å². The van der Waals surface area contributed by atoms with E-state index >= 15 is 0 Å². The average Bonchev–Trinajstić information content (AvgIpc) is 3.31. The summed E-state index contributed by atoms with van der Waals surface area (Å²) in [7, 11) is -3.43. The molecule has 3 rings (SSSR count). The summed E-state index contributed by atoms with van der Waals surface area (Å²) in [6.45, 7) is 0.727. The van der Waals surface area contributed by atoms with Crippen LogP contribution in [-0.2, 0) is 9.84 Å². The van der Waals surface area contributed by atoms with Crippen LogP contribution in [0.5, 0.6) is 5.75 Å². The van der Waals surface area contributed by atoms with Crippen molar-refractivity contribution in [2.75, 3.05) is 6.61 Å². The Labute approximate surface area is 119 Å². The number of rotatable bonds is 5. The predicted molar refractivity (Wildman–Crippen MR) is 76.6 cm³/mol. The van der Waals surface area contributed by atoms with Crippen molar-refractivity contribution < 1.29 is 13.2 Å². The molecule has 0 saturated heterocycles. The Morgan fingerprint density at radius 1 is 0.900 bits per heavy atom. The SMILES string of the molecule is O=S(=O)(c1ccccc1)c1ccc(OCC2CC2)cc1. The minimum Gasteiger partial charge on any atom is -0.493 e. The van der Waals surface area contributed by atoms with Crippen molar-refractivity contribution in [3.8, 4) is 5.75 Å². The van der Waals surface area contributed by atoms with Crippen molar-refractivity contribution in [1.82, 2.24) is 0 Å². The van der Waals surface area contributed by atoms with Crippen molar-refractivity contribution in [3.05, 3.63) is 54.6 Å². The first kappa shape index (κ1) is 13.2. The van der Waals surface area contributed by atoms with Crippen LogP contribution in [0.15, 0.2) is 64.4 Å². The summed E-state index contributed by atoms with van der Waals surface area (Å²) in [6, 6.07) is 15.1. The van der Waals surface area contributed by atoms with Crippen molar-refractivity contribution in [3.63, 3.8) is 0 Å². The Bertz CT molecular complexity index is 671. The molecule has 3 nitrogen and oxygen atoms in total. The summed E-state index contributed by atoms with van der Waals surface area (Å²) < 4.78 is 30.4. The second kappa shape index (κ2) is 5.29. The third-order valence-electron chi connectivity index (χ3n) is 3.37. The number of benzene rings is 2. The van der Waals surface area contributed by atoms with E-state index < -0.39 is 9.84 Å². The van der Waals surface area contributed by atoms with Crippen LogP contribution in [0.3, 0.4) is 0 Å². The van der Waals surface area contributed by atoms with Gasteiger partial charge in [-0.15, -0.1) is 0 Å². The Hall–Kier alpha value is -1.81. The molecule has 2 aromatic carbocycles. The van der Waals surface area contributed by atoms with Gasteiger partial charge in [-0.1, -0.05) is 18.2 Å². The predicted octanol–water partition coefficient (Wildman–Crippen LogP) is 3.31. The smallest absolute Gasteiger partial charge is 0.206 e. The molecule has 0 aliphatic heterocycles. The fraction of sp³-hybridized carbons (Fsp3) is 0.250. The van der Waals surface area contributed by atoms with Crippen LogP contribution in [0.2, 0.25) is 0 Å². The van der Waals surface area contributed by atoms with Gasteiger partial charge in [0.15, 0.2) is 0 Å². The molecule has 2 aromatic rings. The lowest BCUT2D eigenvalue weighted by Crippen LogP contribution is -2.02. The number of hydrogen-bond acceptors (Lipinski definition) is 3. The maximum atomic E-state index is 12.4. The van der Waals surface area contributed by atoms with Crippen molar-refractivity contribution >= 4 is 9.84 Å². The molecule has 1 aliphatic carbocycles. The fourth-order valence-electron chi connectivity index (χ4n) is 1.95. The molecule has 1 aliphatic rings. The lowest BCUT2D eigenvalue weighted by atomic mass is 10.3. The summed E-state index contributed by atoms with van der Waals surface area (Å²) >= 11 is 0. The summed E-state index contributed by atoms with van der Waals surface area (Å²) in [4.78, 5) is 0.606. The zero-order valence-corrected chi connectivity index (χ0v) is 11.8. The van der Waals surface area contributed by atoms with Crippen molar-refractivity contribution in [1.29, 1.82) is 0 Å². The Morgan fingerprint density at radius 2 is 1.50 bits per heavy atom. The van der Waals surface area contributed by atoms with E-state index in [1.807, 2.05) is 0 Å². The van der Waals surface area contributed by atoms with E-state index in [1.165, 1.54) is 12.8 Å². The lowest BCUT2D eigenvalue weighted by Gasteiger charge is -2.07. The molecule has 0 bridgehead atoms. The maximum Gasteiger partial charge on any atom is 0.206 e. The van der Waals surface area contributed by atoms with E-state index in [9.17, 15) is 8.42 Å². The second-order valence-corrected chi connectivity index (χ2v) is 6.99. The average molecular weight is 288 g/mol. The van der Waals surface area contributed by atoms with Gasteiger partial charge in [-0.3, -0.25) is 0 Å². The van der Waals surface area contributed by atoms with E-state index in [1.54, 1.807) is 54.6 Å². The van der Waals surface area contributed by atoms with Crippen molar-refractivity contribution in [2.24, 2.45) is 5.92 Å². The number of sulfone groups is 1. The molecule has 0 amide bonds. The van der Waals surface area contributed by atoms with E-state index in [0.717, 1.165) is 12.4 Å². The van der Waals surface area contributed by atoms with Gasteiger partial charge in [-0.05, 0) is 55.2 Å². The molecular formula is C16H16O3S. The zero-order valence-electron chi connectivity index (χ0n) is 11.0. The summed E-state index contributed by atoms with van der Waals surface area (Å²) in [5.74, 6) is 1.41. The third kappa shape index (κ3) is 2.85. The first-order valence-electron chi connectivity index (χ1n) is 6.69. The maximum absolute atomic E-state index is 12.4. The normalized spacial score (nSPS) is 15.0. The van der Waals surface area contributed by atoms with Gasteiger partial charge in [0.2, 0.25) is 9.84 Å². The number of ether oxygens (including phenoxy) is 1. The fourth-order valence-corrected chi connectivity index (χ4v) is 3.23. The minimum absolute atomic E-state index is 0.294. The first-order chi connectivity index (χ1) is 9.66. The van der Waals surface area contributed by atoms with Crippen LogP contribution in [-0.4, -0.2) is 15.0 Å². The van der Waals surface area contributed by atoms with Crippen LogP contribution in [0.1, 0.15) is 12.8 Å². The lowest BCUT2D eigenvalue weighted by molar-refractivity contribution is 0.299. The summed E-state index contributed by atoms with van der Waals surface area (Å²) in [5.41, 5.74) is 0. The van der Waals surface area contributed by atoms with Gasteiger partial charge < -0.3 is 4.74 Å². The molecule has 0 N–H and O–H groups in total. The van der Waals surface area contributed by atoms with E-state index in [-0.39, 0.29) is 0 Å². The zero-order chi connectivity index (χ0) is 14.0. The van der Waals surface area contributed by atoms with Gasteiger partial charge in [0, 0.05) is 0 Å². The molecule has 0 aromatic heterocycles. The molecule has 0 atom stereocenters. The molecule has 0 heterocycles. The van der Waals surface area contributed by atoms with Gasteiger partial charge in [-0.25, -0.2) is 8.42 Å². The molecule has 1 fully saturated rings. The van der Waals surface area contributed by atoms with E-state index in [0.29, 0.717) is 15.7 Å². The highest BCUT2D eigenvalue weighted by Crippen LogP contribution is 2.30. The monoisotopic (exact) mass is 288 g/mol. The van der Waals surface area contributed by atoms with Crippen LogP contribution in [0.25, 0.3) is 0 Å².